The predicted octanol–water partition coefficient (Wildman–Crippen LogP) is 6.13. The van der Waals surface area contributed by atoms with Crippen molar-refractivity contribution in [2.75, 3.05) is 0 Å². The van der Waals surface area contributed by atoms with E-state index in [-0.39, 0.29) is 5.41 Å². The fraction of sp³-hybridized carbons (Fsp3) is 0.160. The molecule has 0 N–H and O–H groups in total. The van der Waals surface area contributed by atoms with Crippen molar-refractivity contribution in [3.8, 4) is 11.3 Å². The van der Waals surface area contributed by atoms with Gasteiger partial charge >= 0.3 is 0 Å². The number of fused-ring (bicyclic) bond motifs is 4. The number of pyridine rings is 1. The van der Waals surface area contributed by atoms with Gasteiger partial charge in [-0.25, -0.2) is 4.98 Å². The number of aryl methyl sites for hydroxylation is 1. The van der Waals surface area contributed by atoms with Crippen LogP contribution in [0, 0.1) is 0 Å². The third-order valence-electron chi connectivity index (χ3n) is 5.92. The lowest BCUT2D eigenvalue weighted by Gasteiger charge is -2.30. The van der Waals surface area contributed by atoms with E-state index in [1.807, 2.05) is 0 Å². The molecule has 1 heterocycles. The monoisotopic (exact) mass is 335 g/mol. The van der Waals surface area contributed by atoms with Crippen molar-refractivity contribution in [2.24, 2.45) is 0 Å². The van der Waals surface area contributed by atoms with Gasteiger partial charge in [-0.2, -0.15) is 0 Å². The van der Waals surface area contributed by atoms with Crippen LogP contribution in [0.5, 0.6) is 0 Å². The summed E-state index contributed by atoms with van der Waals surface area (Å²) in [5.41, 5.74) is 8.77. The molecule has 1 aliphatic rings. The first-order valence-corrected chi connectivity index (χ1v) is 9.32. The van der Waals surface area contributed by atoms with Crippen LogP contribution in [0.25, 0.3) is 22.2 Å². The first-order chi connectivity index (χ1) is 12.7. The van der Waals surface area contributed by atoms with Crippen LogP contribution in [0.4, 0.5) is 0 Å². The Bertz CT molecular complexity index is 1140. The lowest BCUT2D eigenvalue weighted by molar-refractivity contribution is 0.702. The van der Waals surface area contributed by atoms with E-state index in [1.54, 1.807) is 0 Å². The Hall–Kier alpha value is -2.93. The molecule has 1 unspecified atom stereocenters. The van der Waals surface area contributed by atoms with Crippen LogP contribution in [-0.4, -0.2) is 4.98 Å². The minimum absolute atomic E-state index is 0.171. The molecule has 0 amide bonds. The molecule has 1 aromatic heterocycles. The van der Waals surface area contributed by atoms with Gasteiger partial charge in [-0.3, -0.25) is 0 Å². The van der Waals surface area contributed by atoms with Crippen LogP contribution in [0.3, 0.4) is 0 Å². The van der Waals surface area contributed by atoms with Crippen molar-refractivity contribution < 1.29 is 0 Å². The number of benzene rings is 3. The van der Waals surface area contributed by atoms with E-state index < -0.39 is 0 Å². The van der Waals surface area contributed by atoms with Crippen LogP contribution in [0.2, 0.25) is 0 Å². The molecule has 4 aromatic rings. The molecule has 126 valence electrons. The summed E-state index contributed by atoms with van der Waals surface area (Å²) in [7, 11) is 0. The number of hydrogen-bond donors (Lipinski definition) is 0. The quantitative estimate of drug-likeness (QED) is 0.429. The standard InChI is InChI=1S/C25H21N/c1-3-17-10-4-7-13-20(17)25(2)21-14-8-6-12-19(21)24-22(25)16-18-11-5-9-15-23(18)26-24/h4-16H,3H2,1-2H3. The summed E-state index contributed by atoms with van der Waals surface area (Å²) >= 11 is 0. The summed E-state index contributed by atoms with van der Waals surface area (Å²) in [6.07, 6.45) is 1.03. The maximum absolute atomic E-state index is 5.07. The maximum atomic E-state index is 5.07. The summed E-state index contributed by atoms with van der Waals surface area (Å²) < 4.78 is 0. The van der Waals surface area contributed by atoms with Crippen molar-refractivity contribution >= 4 is 10.9 Å². The van der Waals surface area contributed by atoms with Gasteiger partial charge in [0.25, 0.3) is 0 Å². The second-order valence-corrected chi connectivity index (χ2v) is 7.26. The third-order valence-corrected chi connectivity index (χ3v) is 5.92. The minimum Gasteiger partial charge on any atom is -0.247 e. The van der Waals surface area contributed by atoms with E-state index in [0.29, 0.717) is 0 Å². The second kappa shape index (κ2) is 5.54. The number of para-hydroxylation sites is 1. The van der Waals surface area contributed by atoms with Crippen molar-refractivity contribution in [3.05, 3.63) is 101 Å². The number of aromatic nitrogens is 1. The smallest absolute Gasteiger partial charge is 0.0757 e. The zero-order valence-electron chi connectivity index (χ0n) is 15.2. The summed E-state index contributed by atoms with van der Waals surface area (Å²) in [6.45, 7) is 4.60. The van der Waals surface area contributed by atoms with Crippen LogP contribution in [0.15, 0.2) is 78.9 Å². The second-order valence-electron chi connectivity index (χ2n) is 7.26. The summed E-state index contributed by atoms with van der Waals surface area (Å²) in [6, 6.07) is 28.4. The molecule has 0 radical (unpaired) electrons. The zero-order valence-corrected chi connectivity index (χ0v) is 15.2. The van der Waals surface area contributed by atoms with Crippen molar-refractivity contribution in [2.45, 2.75) is 25.7 Å². The topological polar surface area (TPSA) is 12.9 Å². The first kappa shape index (κ1) is 15.3. The largest absolute Gasteiger partial charge is 0.247 e. The van der Waals surface area contributed by atoms with Gasteiger partial charge in [0.1, 0.15) is 0 Å². The molecule has 5 rings (SSSR count). The van der Waals surface area contributed by atoms with Crippen LogP contribution >= 0.6 is 0 Å². The lowest BCUT2D eigenvalue weighted by Crippen LogP contribution is -2.24. The molecule has 1 nitrogen and oxygen atoms in total. The molecular weight excluding hydrogens is 314 g/mol. The molecule has 1 atom stereocenters. The predicted molar refractivity (Wildman–Crippen MR) is 109 cm³/mol. The van der Waals surface area contributed by atoms with Gasteiger partial charge in [0.05, 0.1) is 11.2 Å². The Morgan fingerprint density at radius 1 is 0.769 bits per heavy atom. The molecule has 0 aliphatic heterocycles. The maximum Gasteiger partial charge on any atom is 0.0757 e. The average molecular weight is 335 g/mol. The Labute approximate surface area is 154 Å². The van der Waals surface area contributed by atoms with E-state index in [1.165, 1.54) is 33.2 Å². The van der Waals surface area contributed by atoms with Crippen LogP contribution < -0.4 is 0 Å². The Morgan fingerprint density at radius 3 is 2.31 bits per heavy atom. The van der Waals surface area contributed by atoms with E-state index in [9.17, 15) is 0 Å². The van der Waals surface area contributed by atoms with Crippen LogP contribution in [-0.2, 0) is 11.8 Å². The highest BCUT2D eigenvalue weighted by molar-refractivity contribution is 5.89. The molecular formula is C25H21N. The highest BCUT2D eigenvalue weighted by Gasteiger charge is 2.42. The molecule has 1 aliphatic carbocycles. The summed E-state index contributed by atoms with van der Waals surface area (Å²) in [5, 5.41) is 1.21. The highest BCUT2D eigenvalue weighted by atomic mass is 14.7. The van der Waals surface area contributed by atoms with E-state index in [4.69, 9.17) is 4.98 Å². The molecule has 0 spiro atoms. The fourth-order valence-corrected chi connectivity index (χ4v) is 4.58. The fourth-order valence-electron chi connectivity index (χ4n) is 4.58. The van der Waals surface area contributed by atoms with Crippen molar-refractivity contribution in [1.82, 2.24) is 4.98 Å². The minimum atomic E-state index is -0.171. The number of hydrogen-bond acceptors (Lipinski definition) is 1. The van der Waals surface area contributed by atoms with Crippen molar-refractivity contribution in [3.63, 3.8) is 0 Å². The SMILES string of the molecule is CCc1ccccc1C1(C)c2ccccc2-c2nc3ccccc3cc21. The molecule has 0 saturated heterocycles. The van der Waals surface area contributed by atoms with Gasteiger partial charge in [-0.15, -0.1) is 0 Å². The van der Waals surface area contributed by atoms with Gasteiger partial charge in [0.15, 0.2) is 0 Å². The van der Waals surface area contributed by atoms with E-state index in [0.717, 1.165) is 17.6 Å². The third kappa shape index (κ3) is 1.94. The molecule has 0 bridgehead atoms. The molecule has 26 heavy (non-hydrogen) atoms. The van der Waals surface area contributed by atoms with Gasteiger partial charge in [-0.05, 0) is 47.7 Å². The van der Waals surface area contributed by atoms with E-state index in [2.05, 4.69) is 92.7 Å². The van der Waals surface area contributed by atoms with Gasteiger partial charge in [0, 0.05) is 16.4 Å². The Balaban J connectivity index is 1.91. The first-order valence-electron chi connectivity index (χ1n) is 9.32. The van der Waals surface area contributed by atoms with E-state index >= 15 is 0 Å². The summed E-state index contributed by atoms with van der Waals surface area (Å²) in [5.74, 6) is 0. The number of rotatable bonds is 2. The molecule has 1 heteroatoms. The van der Waals surface area contributed by atoms with Gasteiger partial charge < -0.3 is 0 Å². The lowest BCUT2D eigenvalue weighted by atomic mass is 9.72. The van der Waals surface area contributed by atoms with Gasteiger partial charge in [-0.1, -0.05) is 73.7 Å². The molecule has 0 fully saturated rings. The van der Waals surface area contributed by atoms with Gasteiger partial charge in [0.2, 0.25) is 0 Å². The highest BCUT2D eigenvalue weighted by Crippen LogP contribution is 2.52. The summed E-state index contributed by atoms with van der Waals surface area (Å²) in [4.78, 5) is 5.07. The number of nitrogens with zero attached hydrogens (tertiary/aromatic N) is 1. The van der Waals surface area contributed by atoms with Crippen LogP contribution in [0.1, 0.15) is 36.1 Å². The Morgan fingerprint density at radius 2 is 1.46 bits per heavy atom. The van der Waals surface area contributed by atoms with Crippen molar-refractivity contribution in [1.29, 1.82) is 0 Å². The average Bonchev–Trinajstić information content (AvgIpc) is 2.96. The molecule has 0 saturated carbocycles. The Kier molecular flexibility index (Phi) is 3.27. The normalized spacial score (nSPS) is 17.9. The molecule has 3 aromatic carbocycles. The zero-order chi connectivity index (χ0) is 17.7.